The molecule has 4 aromatic rings. The number of ether oxygens (including phenoxy) is 1. The second-order valence-electron chi connectivity index (χ2n) is 12.1. The summed E-state index contributed by atoms with van der Waals surface area (Å²) in [6.45, 7) is 7.34. The van der Waals surface area contributed by atoms with Crippen molar-refractivity contribution in [1.29, 1.82) is 5.26 Å². The van der Waals surface area contributed by atoms with Gasteiger partial charge in [-0.3, -0.25) is 14.6 Å². The lowest BCUT2D eigenvalue weighted by atomic mass is 9.87. The zero-order valence-corrected chi connectivity index (χ0v) is 25.9. The fourth-order valence-electron chi connectivity index (χ4n) is 6.57. The minimum atomic E-state index is -2.63. The summed E-state index contributed by atoms with van der Waals surface area (Å²) in [5.41, 5.74) is 4.27. The van der Waals surface area contributed by atoms with Crippen LogP contribution in [-0.4, -0.2) is 81.6 Å². The Morgan fingerprint density at radius 1 is 1.13 bits per heavy atom. The number of rotatable bonds is 10. The van der Waals surface area contributed by atoms with Crippen molar-refractivity contribution in [2.45, 2.75) is 45.2 Å². The lowest BCUT2D eigenvalue weighted by Gasteiger charge is -2.35. The second-order valence-corrected chi connectivity index (χ2v) is 12.1. The van der Waals surface area contributed by atoms with Gasteiger partial charge in [0.05, 0.1) is 18.4 Å². The van der Waals surface area contributed by atoms with Crippen LogP contribution in [0.3, 0.4) is 0 Å². The second kappa shape index (κ2) is 14.0. The van der Waals surface area contributed by atoms with Gasteiger partial charge >= 0.3 is 0 Å². The van der Waals surface area contributed by atoms with E-state index in [1.165, 1.54) is 11.6 Å². The average Bonchev–Trinajstić information content (AvgIpc) is 3.50. The SMILES string of the molecule is CC[C@@H]1CN(C(=O)Cc2ccc(CN3CCN(CCO)CC3)c(C(F)F)c2)Cc2cc(Oc3ccnc4[nH]c(C#N)cc34)ccc21. The van der Waals surface area contributed by atoms with E-state index in [9.17, 15) is 23.9 Å². The number of pyridine rings is 1. The number of nitrogens with zero attached hydrogens (tertiary/aromatic N) is 5. The molecule has 0 unspecified atom stereocenters. The van der Waals surface area contributed by atoms with Gasteiger partial charge in [0.1, 0.15) is 28.9 Å². The highest BCUT2D eigenvalue weighted by Gasteiger charge is 2.28. The first-order valence-corrected chi connectivity index (χ1v) is 15.8. The van der Waals surface area contributed by atoms with Crippen LogP contribution in [0.1, 0.15) is 59.2 Å². The summed E-state index contributed by atoms with van der Waals surface area (Å²) in [5.74, 6) is 1.23. The van der Waals surface area contributed by atoms with Gasteiger partial charge in [0.25, 0.3) is 6.43 Å². The highest BCUT2D eigenvalue weighted by molar-refractivity contribution is 5.84. The number of aromatic amines is 1. The van der Waals surface area contributed by atoms with E-state index < -0.39 is 6.43 Å². The number of fused-ring (bicyclic) bond motifs is 2. The van der Waals surface area contributed by atoms with Crippen LogP contribution < -0.4 is 4.74 Å². The van der Waals surface area contributed by atoms with Gasteiger partial charge in [-0.2, -0.15) is 5.26 Å². The fourth-order valence-corrected chi connectivity index (χ4v) is 6.57. The number of nitriles is 1. The van der Waals surface area contributed by atoms with Gasteiger partial charge in [-0.1, -0.05) is 25.1 Å². The van der Waals surface area contributed by atoms with Crippen molar-refractivity contribution in [2.75, 3.05) is 45.9 Å². The molecule has 1 saturated heterocycles. The van der Waals surface area contributed by atoms with Crippen LogP contribution in [0.5, 0.6) is 11.5 Å². The number of benzene rings is 2. The lowest BCUT2D eigenvalue weighted by Crippen LogP contribution is -2.46. The van der Waals surface area contributed by atoms with Gasteiger partial charge < -0.3 is 19.7 Å². The number of aromatic nitrogens is 2. The zero-order valence-electron chi connectivity index (χ0n) is 25.9. The van der Waals surface area contributed by atoms with Gasteiger partial charge in [0.15, 0.2) is 0 Å². The summed E-state index contributed by atoms with van der Waals surface area (Å²) in [5, 5.41) is 19.1. The smallest absolute Gasteiger partial charge is 0.264 e. The highest BCUT2D eigenvalue weighted by atomic mass is 19.3. The summed E-state index contributed by atoms with van der Waals surface area (Å²) < 4.78 is 34.6. The Balaban J connectivity index is 1.15. The molecule has 4 heterocycles. The number of piperazine rings is 1. The fraction of sp³-hybridized carbons (Fsp3) is 0.400. The number of β-amino-alcohol motifs (C(OH)–C–C–N with tert-alkyl or cyclic N) is 1. The van der Waals surface area contributed by atoms with Crippen LogP contribution >= 0.6 is 0 Å². The molecule has 6 rings (SSSR count). The molecule has 0 saturated carbocycles. The van der Waals surface area contributed by atoms with E-state index in [0.717, 1.165) is 38.2 Å². The van der Waals surface area contributed by atoms with E-state index in [1.54, 1.807) is 30.5 Å². The van der Waals surface area contributed by atoms with Gasteiger partial charge in [-0.05, 0) is 59.0 Å². The number of nitrogens with one attached hydrogen (secondary N) is 1. The number of halogens is 2. The number of hydrogen-bond donors (Lipinski definition) is 2. The molecule has 2 N–H and O–H groups in total. The standard InChI is InChI=1S/C35H38F2N6O3/c1-2-24-21-43(22-26-17-28(5-6-29(24)26)46-32-7-8-39-35-31(32)18-27(19-38)40-35)33(45)16-23-3-4-25(30(15-23)34(36)37)20-42-11-9-41(10-12-42)13-14-44/h3-8,15,17-18,24,34,44H,2,9-14,16,20-22H2,1H3,(H,39,40)/t24-/m1/s1. The topological polar surface area (TPSA) is 109 Å². The highest BCUT2D eigenvalue weighted by Crippen LogP contribution is 2.36. The van der Waals surface area contributed by atoms with Crippen LogP contribution in [-0.2, 0) is 24.3 Å². The van der Waals surface area contributed by atoms with Gasteiger partial charge in [0.2, 0.25) is 5.91 Å². The molecular formula is C35H38F2N6O3. The molecule has 1 atom stereocenters. The molecule has 0 bridgehead atoms. The third-order valence-electron chi connectivity index (χ3n) is 9.12. The molecule has 2 aromatic heterocycles. The number of carbonyl (C=O) groups is 1. The molecule has 240 valence electrons. The molecule has 0 spiro atoms. The lowest BCUT2D eigenvalue weighted by molar-refractivity contribution is -0.131. The Labute approximate surface area is 267 Å². The van der Waals surface area contributed by atoms with Crippen LogP contribution in [0.4, 0.5) is 8.78 Å². The van der Waals surface area contributed by atoms with Crippen molar-refractivity contribution in [3.05, 3.63) is 88.2 Å². The van der Waals surface area contributed by atoms with Gasteiger partial charge in [-0.25, -0.2) is 13.8 Å². The monoisotopic (exact) mass is 628 g/mol. The number of aliphatic hydroxyl groups is 1. The summed E-state index contributed by atoms with van der Waals surface area (Å²) in [7, 11) is 0. The normalized spacial score (nSPS) is 17.3. The Morgan fingerprint density at radius 3 is 2.67 bits per heavy atom. The minimum Gasteiger partial charge on any atom is -0.457 e. The quantitative estimate of drug-likeness (QED) is 0.244. The number of carbonyl (C=O) groups excluding carboxylic acids is 1. The zero-order chi connectivity index (χ0) is 32.2. The maximum Gasteiger partial charge on any atom is 0.264 e. The summed E-state index contributed by atoms with van der Waals surface area (Å²) >= 11 is 0. The molecule has 0 radical (unpaired) electrons. The number of aliphatic hydroxyl groups excluding tert-OH is 1. The largest absolute Gasteiger partial charge is 0.457 e. The first kappa shape index (κ1) is 31.6. The maximum absolute atomic E-state index is 14.2. The molecule has 0 aliphatic carbocycles. The van der Waals surface area contributed by atoms with Crippen molar-refractivity contribution >= 4 is 16.9 Å². The number of hydrogen-bond acceptors (Lipinski definition) is 7. The molecule has 1 amide bonds. The first-order chi connectivity index (χ1) is 22.3. The van der Waals surface area contributed by atoms with Crippen LogP contribution in [0.15, 0.2) is 54.7 Å². The van der Waals surface area contributed by atoms with E-state index in [0.29, 0.717) is 65.5 Å². The van der Waals surface area contributed by atoms with E-state index in [-0.39, 0.29) is 30.4 Å². The molecular weight excluding hydrogens is 590 g/mol. The van der Waals surface area contributed by atoms with E-state index >= 15 is 0 Å². The molecule has 11 heteroatoms. The van der Waals surface area contributed by atoms with Crippen LogP contribution in [0, 0.1) is 11.3 Å². The van der Waals surface area contributed by atoms with Crippen molar-refractivity contribution in [1.82, 2.24) is 24.7 Å². The average molecular weight is 629 g/mol. The Bertz CT molecular complexity index is 1740. The third-order valence-corrected chi connectivity index (χ3v) is 9.12. The van der Waals surface area contributed by atoms with Gasteiger partial charge in [0, 0.05) is 70.0 Å². The Morgan fingerprint density at radius 2 is 1.93 bits per heavy atom. The maximum atomic E-state index is 14.2. The van der Waals surface area contributed by atoms with E-state index in [2.05, 4.69) is 38.8 Å². The Kier molecular flexibility index (Phi) is 9.59. The molecule has 2 aliphatic heterocycles. The van der Waals surface area contributed by atoms with Crippen molar-refractivity contribution in [3.8, 4) is 17.6 Å². The number of amides is 1. The molecule has 46 heavy (non-hydrogen) atoms. The number of H-pyrrole nitrogens is 1. The summed E-state index contributed by atoms with van der Waals surface area (Å²) in [4.78, 5) is 27.0. The van der Waals surface area contributed by atoms with Crippen molar-refractivity contribution in [2.24, 2.45) is 0 Å². The van der Waals surface area contributed by atoms with Crippen LogP contribution in [0.25, 0.3) is 11.0 Å². The molecule has 1 fully saturated rings. The van der Waals surface area contributed by atoms with E-state index in [1.807, 2.05) is 17.0 Å². The van der Waals surface area contributed by atoms with E-state index in [4.69, 9.17) is 4.74 Å². The van der Waals surface area contributed by atoms with Crippen molar-refractivity contribution in [3.63, 3.8) is 0 Å². The first-order valence-electron chi connectivity index (χ1n) is 15.8. The van der Waals surface area contributed by atoms with Gasteiger partial charge in [-0.15, -0.1) is 0 Å². The predicted octanol–water partition coefficient (Wildman–Crippen LogP) is 5.35. The molecule has 2 aliphatic rings. The third kappa shape index (κ3) is 6.89. The van der Waals surface area contributed by atoms with Crippen molar-refractivity contribution < 1.29 is 23.4 Å². The Hall–Kier alpha value is -4.37. The van der Waals surface area contributed by atoms with Crippen LogP contribution in [0.2, 0.25) is 0 Å². The molecule has 9 nitrogen and oxygen atoms in total. The predicted molar refractivity (Wildman–Crippen MR) is 170 cm³/mol. The summed E-state index contributed by atoms with van der Waals surface area (Å²) in [6, 6.07) is 16.5. The number of alkyl halides is 2. The summed E-state index contributed by atoms with van der Waals surface area (Å²) in [6.07, 6.45) is -0.120. The molecule has 2 aromatic carbocycles. The minimum absolute atomic E-state index is 0.0187.